The van der Waals surface area contributed by atoms with Gasteiger partial charge >= 0.3 is 0 Å². The van der Waals surface area contributed by atoms with Gasteiger partial charge in [-0.25, -0.2) is 0 Å². The van der Waals surface area contributed by atoms with Crippen LogP contribution in [-0.4, -0.2) is 14.9 Å². The molecule has 4 heteroatoms. The summed E-state index contributed by atoms with van der Waals surface area (Å²) in [6, 6.07) is 8.86. The Morgan fingerprint density at radius 2 is 2.20 bits per heavy atom. The first-order valence-electron chi connectivity index (χ1n) is 4.83. The Hall–Kier alpha value is -1.97. The number of phenolic OH excluding ortho intramolecular Hbond substituents is 1. The maximum atomic E-state index is 9.38. The van der Waals surface area contributed by atoms with Crippen molar-refractivity contribution in [3.05, 3.63) is 30.3 Å². The van der Waals surface area contributed by atoms with E-state index in [-0.39, 0.29) is 5.75 Å². The average Bonchev–Trinajstić information content (AvgIpc) is 2.59. The highest BCUT2D eigenvalue weighted by atomic mass is 16.3. The molecular formula is C11H13N3O. The van der Waals surface area contributed by atoms with E-state index in [0.29, 0.717) is 5.82 Å². The number of phenols is 1. The van der Waals surface area contributed by atoms with Crippen LogP contribution < -0.4 is 5.73 Å². The smallest absolute Gasteiger partial charge is 0.146 e. The van der Waals surface area contributed by atoms with Gasteiger partial charge in [-0.15, -0.1) is 0 Å². The molecule has 0 spiro atoms. The molecule has 0 aliphatic carbocycles. The minimum Gasteiger partial charge on any atom is -0.508 e. The summed E-state index contributed by atoms with van der Waals surface area (Å²) in [7, 11) is 0. The standard InChI is InChI=1S/C11H13N3O/c1-2-14-10(7-11(12)13-14)8-4-3-5-9(15)6-8/h3-7,15H,2H2,1H3,(H2,12,13). The molecule has 0 amide bonds. The zero-order valence-electron chi connectivity index (χ0n) is 8.51. The van der Waals surface area contributed by atoms with Gasteiger partial charge in [0, 0.05) is 18.2 Å². The first-order valence-corrected chi connectivity index (χ1v) is 4.83. The average molecular weight is 203 g/mol. The Labute approximate surface area is 88.0 Å². The molecule has 4 nitrogen and oxygen atoms in total. The first kappa shape index (κ1) is 9.58. The van der Waals surface area contributed by atoms with Crippen LogP contribution >= 0.6 is 0 Å². The second-order valence-electron chi connectivity index (χ2n) is 3.32. The summed E-state index contributed by atoms with van der Waals surface area (Å²) in [6.45, 7) is 2.75. The van der Waals surface area contributed by atoms with E-state index < -0.39 is 0 Å². The number of aromatic nitrogens is 2. The monoisotopic (exact) mass is 203 g/mol. The zero-order valence-corrected chi connectivity index (χ0v) is 8.51. The van der Waals surface area contributed by atoms with E-state index in [9.17, 15) is 5.11 Å². The third kappa shape index (κ3) is 1.79. The molecule has 1 aromatic heterocycles. The largest absolute Gasteiger partial charge is 0.508 e. The van der Waals surface area contributed by atoms with Crippen molar-refractivity contribution in [1.82, 2.24) is 9.78 Å². The quantitative estimate of drug-likeness (QED) is 0.783. The fourth-order valence-corrected chi connectivity index (χ4v) is 1.58. The fourth-order valence-electron chi connectivity index (χ4n) is 1.58. The van der Waals surface area contributed by atoms with Gasteiger partial charge in [0.2, 0.25) is 0 Å². The number of rotatable bonds is 2. The number of anilines is 1. The van der Waals surface area contributed by atoms with Gasteiger partial charge in [-0.05, 0) is 19.1 Å². The van der Waals surface area contributed by atoms with Crippen molar-refractivity contribution in [1.29, 1.82) is 0 Å². The molecule has 0 saturated heterocycles. The van der Waals surface area contributed by atoms with E-state index in [2.05, 4.69) is 5.10 Å². The molecule has 0 atom stereocenters. The Bertz CT molecular complexity index is 476. The number of aromatic hydroxyl groups is 1. The van der Waals surface area contributed by atoms with Crippen LogP contribution in [0.15, 0.2) is 30.3 Å². The molecule has 2 rings (SSSR count). The van der Waals surface area contributed by atoms with Crippen LogP contribution in [0.5, 0.6) is 5.75 Å². The van der Waals surface area contributed by atoms with Crippen molar-refractivity contribution in [2.24, 2.45) is 0 Å². The number of hydrogen-bond donors (Lipinski definition) is 2. The normalized spacial score (nSPS) is 10.5. The second-order valence-corrected chi connectivity index (χ2v) is 3.32. The molecule has 0 aliphatic heterocycles. The number of hydrogen-bond acceptors (Lipinski definition) is 3. The molecule has 1 heterocycles. The van der Waals surface area contributed by atoms with Gasteiger partial charge in [0.25, 0.3) is 0 Å². The molecule has 0 bridgehead atoms. The van der Waals surface area contributed by atoms with Crippen molar-refractivity contribution in [2.45, 2.75) is 13.5 Å². The van der Waals surface area contributed by atoms with E-state index in [1.807, 2.05) is 17.7 Å². The Morgan fingerprint density at radius 1 is 1.40 bits per heavy atom. The van der Waals surface area contributed by atoms with Crippen molar-refractivity contribution in [3.63, 3.8) is 0 Å². The van der Waals surface area contributed by atoms with Crippen LogP contribution in [0.3, 0.4) is 0 Å². The first-order chi connectivity index (χ1) is 7.20. The lowest BCUT2D eigenvalue weighted by Crippen LogP contribution is -1.99. The molecule has 0 aliphatic rings. The molecule has 0 saturated carbocycles. The van der Waals surface area contributed by atoms with E-state index in [4.69, 9.17) is 5.73 Å². The molecule has 3 N–H and O–H groups in total. The molecule has 15 heavy (non-hydrogen) atoms. The van der Waals surface area contributed by atoms with Gasteiger partial charge in [0.15, 0.2) is 0 Å². The van der Waals surface area contributed by atoms with Gasteiger partial charge in [-0.2, -0.15) is 5.10 Å². The Kier molecular flexibility index (Phi) is 2.33. The zero-order chi connectivity index (χ0) is 10.8. The molecule has 0 radical (unpaired) electrons. The summed E-state index contributed by atoms with van der Waals surface area (Å²) in [5.41, 5.74) is 7.48. The number of benzene rings is 1. The summed E-state index contributed by atoms with van der Waals surface area (Å²) in [5.74, 6) is 0.741. The summed E-state index contributed by atoms with van der Waals surface area (Å²) in [6.07, 6.45) is 0. The maximum Gasteiger partial charge on any atom is 0.146 e. The van der Waals surface area contributed by atoms with Crippen LogP contribution in [0.4, 0.5) is 5.82 Å². The summed E-state index contributed by atoms with van der Waals surface area (Å²) < 4.78 is 1.81. The van der Waals surface area contributed by atoms with Gasteiger partial charge in [0.1, 0.15) is 11.6 Å². The van der Waals surface area contributed by atoms with Crippen molar-refractivity contribution >= 4 is 5.82 Å². The fraction of sp³-hybridized carbons (Fsp3) is 0.182. The molecule has 0 fully saturated rings. The minimum absolute atomic E-state index is 0.245. The summed E-state index contributed by atoms with van der Waals surface area (Å²) in [4.78, 5) is 0. The van der Waals surface area contributed by atoms with Crippen LogP contribution in [0.25, 0.3) is 11.3 Å². The topological polar surface area (TPSA) is 64.1 Å². The predicted molar refractivity (Wildman–Crippen MR) is 59.4 cm³/mol. The second kappa shape index (κ2) is 3.65. The maximum absolute atomic E-state index is 9.38. The third-order valence-electron chi connectivity index (χ3n) is 2.24. The Morgan fingerprint density at radius 3 is 2.87 bits per heavy atom. The van der Waals surface area contributed by atoms with Crippen molar-refractivity contribution < 1.29 is 5.11 Å². The molecule has 78 valence electrons. The van der Waals surface area contributed by atoms with Gasteiger partial charge in [0.05, 0.1) is 5.69 Å². The number of nitrogen functional groups attached to an aromatic ring is 1. The van der Waals surface area contributed by atoms with Crippen molar-refractivity contribution in [3.8, 4) is 17.0 Å². The van der Waals surface area contributed by atoms with Gasteiger partial charge < -0.3 is 10.8 Å². The van der Waals surface area contributed by atoms with E-state index in [1.54, 1.807) is 24.3 Å². The lowest BCUT2D eigenvalue weighted by Gasteiger charge is -2.04. The predicted octanol–water partition coefficient (Wildman–Crippen LogP) is 1.86. The van der Waals surface area contributed by atoms with E-state index in [0.717, 1.165) is 17.8 Å². The minimum atomic E-state index is 0.245. The van der Waals surface area contributed by atoms with Gasteiger partial charge in [-0.1, -0.05) is 12.1 Å². The number of aryl methyl sites for hydroxylation is 1. The molecule has 2 aromatic rings. The lowest BCUT2D eigenvalue weighted by atomic mass is 10.1. The van der Waals surface area contributed by atoms with Crippen LogP contribution in [0.1, 0.15) is 6.92 Å². The van der Waals surface area contributed by atoms with Crippen LogP contribution in [-0.2, 0) is 6.54 Å². The lowest BCUT2D eigenvalue weighted by molar-refractivity contribution is 0.475. The van der Waals surface area contributed by atoms with Gasteiger partial charge in [-0.3, -0.25) is 4.68 Å². The highest BCUT2D eigenvalue weighted by Crippen LogP contribution is 2.24. The highest BCUT2D eigenvalue weighted by molar-refractivity contribution is 5.64. The summed E-state index contributed by atoms with van der Waals surface area (Å²) in [5, 5.41) is 13.5. The third-order valence-corrected chi connectivity index (χ3v) is 2.24. The Balaban J connectivity index is 2.53. The van der Waals surface area contributed by atoms with E-state index >= 15 is 0 Å². The van der Waals surface area contributed by atoms with E-state index in [1.165, 1.54) is 0 Å². The molecular weight excluding hydrogens is 190 g/mol. The molecule has 1 aromatic carbocycles. The number of nitrogens with two attached hydrogens (primary N) is 1. The summed E-state index contributed by atoms with van der Waals surface area (Å²) >= 11 is 0. The molecule has 0 unspecified atom stereocenters. The van der Waals surface area contributed by atoms with Crippen LogP contribution in [0, 0.1) is 0 Å². The highest BCUT2D eigenvalue weighted by Gasteiger charge is 2.07. The number of nitrogens with zero attached hydrogens (tertiary/aromatic N) is 2. The SMILES string of the molecule is CCn1nc(N)cc1-c1cccc(O)c1. The van der Waals surface area contributed by atoms with Crippen molar-refractivity contribution in [2.75, 3.05) is 5.73 Å². The van der Waals surface area contributed by atoms with Crippen LogP contribution in [0.2, 0.25) is 0 Å².